The van der Waals surface area contributed by atoms with Crippen molar-refractivity contribution in [1.82, 2.24) is 4.90 Å². The molecule has 0 aromatic heterocycles. The van der Waals surface area contributed by atoms with E-state index in [9.17, 15) is 22.8 Å². The van der Waals surface area contributed by atoms with Gasteiger partial charge in [0.25, 0.3) is 11.8 Å². The van der Waals surface area contributed by atoms with Crippen LogP contribution >= 0.6 is 0 Å². The first-order valence-corrected chi connectivity index (χ1v) is 9.22. The topological polar surface area (TPSA) is 101 Å². The third-order valence-corrected chi connectivity index (χ3v) is 4.87. The van der Waals surface area contributed by atoms with E-state index in [-0.39, 0.29) is 16.0 Å². The predicted octanol–water partition coefficient (Wildman–Crippen LogP) is 1.32. The van der Waals surface area contributed by atoms with Crippen LogP contribution in [0.5, 0.6) is 0 Å². The lowest BCUT2D eigenvalue weighted by Crippen LogP contribution is -2.37. The third kappa shape index (κ3) is 3.29. The molecule has 0 bridgehead atoms. The maximum Gasteiger partial charge on any atom is 0.262 e. The van der Waals surface area contributed by atoms with E-state index in [1.807, 2.05) is 0 Å². The van der Waals surface area contributed by atoms with E-state index in [0.29, 0.717) is 5.69 Å². The van der Waals surface area contributed by atoms with Crippen molar-refractivity contribution in [3.05, 3.63) is 59.7 Å². The molecular formula is C17H14N2O5S. The highest BCUT2D eigenvalue weighted by Crippen LogP contribution is 2.22. The van der Waals surface area contributed by atoms with Crippen molar-refractivity contribution in [3.63, 3.8) is 0 Å². The number of hydrogen-bond donors (Lipinski definition) is 1. The van der Waals surface area contributed by atoms with Crippen LogP contribution in [-0.2, 0) is 14.6 Å². The fourth-order valence-corrected chi connectivity index (χ4v) is 3.14. The Bertz CT molecular complexity index is 945. The second-order valence-corrected chi connectivity index (χ2v) is 7.60. The number of rotatable bonds is 4. The van der Waals surface area contributed by atoms with Gasteiger partial charge in [0.2, 0.25) is 5.91 Å². The van der Waals surface area contributed by atoms with Crippen LogP contribution in [0, 0.1) is 0 Å². The SMILES string of the molecule is CS(=O)(=O)c1ccc(NC(=O)CN2C(=O)c3ccccc3C2=O)cc1. The van der Waals surface area contributed by atoms with Crippen molar-refractivity contribution in [3.8, 4) is 0 Å². The van der Waals surface area contributed by atoms with Crippen molar-refractivity contribution < 1.29 is 22.8 Å². The lowest BCUT2D eigenvalue weighted by Gasteiger charge is -2.13. The van der Waals surface area contributed by atoms with Crippen molar-refractivity contribution >= 4 is 33.2 Å². The number of imide groups is 1. The highest BCUT2D eigenvalue weighted by molar-refractivity contribution is 7.90. The van der Waals surface area contributed by atoms with E-state index in [4.69, 9.17) is 0 Å². The van der Waals surface area contributed by atoms with E-state index in [2.05, 4.69) is 5.32 Å². The Morgan fingerprint density at radius 2 is 1.48 bits per heavy atom. The van der Waals surface area contributed by atoms with Crippen molar-refractivity contribution in [1.29, 1.82) is 0 Å². The Kier molecular flexibility index (Phi) is 4.13. The lowest BCUT2D eigenvalue weighted by molar-refractivity contribution is -0.116. The normalized spacial score (nSPS) is 13.7. The molecule has 0 radical (unpaired) electrons. The Morgan fingerprint density at radius 3 is 1.96 bits per heavy atom. The molecule has 0 saturated carbocycles. The molecule has 1 aliphatic heterocycles. The van der Waals surface area contributed by atoms with Crippen LogP contribution in [0.15, 0.2) is 53.4 Å². The van der Waals surface area contributed by atoms with Crippen molar-refractivity contribution in [2.24, 2.45) is 0 Å². The molecule has 0 spiro atoms. The average molecular weight is 358 g/mol. The third-order valence-electron chi connectivity index (χ3n) is 3.75. The first-order chi connectivity index (χ1) is 11.8. The number of hydrogen-bond acceptors (Lipinski definition) is 5. The summed E-state index contributed by atoms with van der Waals surface area (Å²) >= 11 is 0. The van der Waals surface area contributed by atoms with Crippen LogP contribution < -0.4 is 5.32 Å². The maximum atomic E-state index is 12.2. The van der Waals surface area contributed by atoms with Crippen molar-refractivity contribution in [2.45, 2.75) is 4.90 Å². The average Bonchev–Trinajstić information content (AvgIpc) is 2.80. The molecular weight excluding hydrogens is 344 g/mol. The Morgan fingerprint density at radius 1 is 0.960 bits per heavy atom. The van der Waals surface area contributed by atoms with Gasteiger partial charge in [-0.3, -0.25) is 19.3 Å². The number of anilines is 1. The van der Waals surface area contributed by atoms with Gasteiger partial charge in [0.15, 0.2) is 9.84 Å². The summed E-state index contributed by atoms with van der Waals surface area (Å²) in [4.78, 5) is 37.5. The molecule has 128 valence electrons. The summed E-state index contributed by atoms with van der Waals surface area (Å²) in [6.45, 7) is -0.416. The summed E-state index contributed by atoms with van der Waals surface area (Å²) in [6, 6.07) is 12.0. The number of nitrogens with zero attached hydrogens (tertiary/aromatic N) is 1. The van der Waals surface area contributed by atoms with E-state index >= 15 is 0 Å². The minimum Gasteiger partial charge on any atom is -0.325 e. The summed E-state index contributed by atoms with van der Waals surface area (Å²) in [6.07, 6.45) is 1.09. The largest absolute Gasteiger partial charge is 0.325 e. The molecule has 3 rings (SSSR count). The number of carbonyl (C=O) groups is 3. The standard InChI is InChI=1S/C17H14N2O5S/c1-25(23,24)12-8-6-11(7-9-12)18-15(20)10-19-16(21)13-4-2-3-5-14(13)17(19)22/h2-9H,10H2,1H3,(H,18,20). The van der Waals surface area contributed by atoms with E-state index in [0.717, 1.165) is 11.2 Å². The molecule has 8 heteroatoms. The molecule has 1 aliphatic rings. The lowest BCUT2D eigenvalue weighted by atomic mass is 10.1. The summed E-state index contributed by atoms with van der Waals surface area (Å²) in [5, 5.41) is 2.54. The summed E-state index contributed by atoms with van der Waals surface area (Å²) in [5.41, 5.74) is 0.921. The van der Waals surface area contributed by atoms with E-state index in [1.54, 1.807) is 12.1 Å². The molecule has 1 heterocycles. The molecule has 0 unspecified atom stereocenters. The van der Waals surface area contributed by atoms with E-state index < -0.39 is 34.1 Å². The Hall–Kier alpha value is -3.00. The molecule has 25 heavy (non-hydrogen) atoms. The fourth-order valence-electron chi connectivity index (χ4n) is 2.51. The first-order valence-electron chi connectivity index (χ1n) is 7.32. The maximum absolute atomic E-state index is 12.2. The van der Waals surface area contributed by atoms with Gasteiger partial charge in [-0.05, 0) is 36.4 Å². The Labute approximate surface area is 144 Å². The van der Waals surface area contributed by atoms with Gasteiger partial charge in [-0.2, -0.15) is 0 Å². The molecule has 0 aliphatic carbocycles. The van der Waals surface area contributed by atoms with Crippen LogP contribution in [-0.4, -0.2) is 43.8 Å². The van der Waals surface area contributed by atoms with Gasteiger partial charge in [0, 0.05) is 11.9 Å². The molecule has 2 aromatic carbocycles. The smallest absolute Gasteiger partial charge is 0.262 e. The summed E-state index contributed by atoms with van der Waals surface area (Å²) in [7, 11) is -3.32. The fraction of sp³-hybridized carbons (Fsp3) is 0.118. The zero-order valence-electron chi connectivity index (χ0n) is 13.2. The quantitative estimate of drug-likeness (QED) is 0.831. The van der Waals surface area contributed by atoms with Crippen LogP contribution in [0.4, 0.5) is 5.69 Å². The number of benzene rings is 2. The van der Waals surface area contributed by atoms with Gasteiger partial charge in [-0.1, -0.05) is 12.1 Å². The van der Waals surface area contributed by atoms with Crippen LogP contribution in [0.2, 0.25) is 0 Å². The highest BCUT2D eigenvalue weighted by atomic mass is 32.2. The second kappa shape index (κ2) is 6.14. The highest BCUT2D eigenvalue weighted by Gasteiger charge is 2.36. The number of amides is 3. The number of sulfone groups is 1. The van der Waals surface area contributed by atoms with Gasteiger partial charge in [0.1, 0.15) is 6.54 Å². The van der Waals surface area contributed by atoms with Crippen molar-refractivity contribution in [2.75, 3.05) is 18.1 Å². The van der Waals surface area contributed by atoms with Gasteiger partial charge in [0.05, 0.1) is 16.0 Å². The van der Waals surface area contributed by atoms with Crippen LogP contribution in [0.1, 0.15) is 20.7 Å². The molecule has 0 fully saturated rings. The van der Waals surface area contributed by atoms with Gasteiger partial charge in [-0.15, -0.1) is 0 Å². The molecule has 7 nitrogen and oxygen atoms in total. The van der Waals surface area contributed by atoms with Crippen LogP contribution in [0.3, 0.4) is 0 Å². The monoisotopic (exact) mass is 358 g/mol. The van der Waals surface area contributed by atoms with Crippen LogP contribution in [0.25, 0.3) is 0 Å². The minimum absolute atomic E-state index is 0.130. The summed E-state index contributed by atoms with van der Waals surface area (Å²) < 4.78 is 22.8. The first kappa shape index (κ1) is 16.8. The minimum atomic E-state index is -3.32. The van der Waals surface area contributed by atoms with Gasteiger partial charge < -0.3 is 5.32 Å². The predicted molar refractivity (Wildman–Crippen MR) is 90.0 cm³/mol. The van der Waals surface area contributed by atoms with Gasteiger partial charge >= 0.3 is 0 Å². The van der Waals surface area contributed by atoms with E-state index in [1.165, 1.54) is 36.4 Å². The zero-order valence-corrected chi connectivity index (χ0v) is 14.0. The molecule has 1 N–H and O–H groups in total. The second-order valence-electron chi connectivity index (χ2n) is 5.59. The number of fused-ring (bicyclic) bond motifs is 1. The molecule has 3 amide bonds. The summed E-state index contributed by atoms with van der Waals surface area (Å²) in [5.74, 6) is -1.58. The number of carbonyl (C=O) groups excluding carboxylic acids is 3. The molecule has 0 atom stereocenters. The molecule has 0 saturated heterocycles. The Balaban J connectivity index is 1.70. The molecule has 2 aromatic rings. The van der Waals surface area contributed by atoms with Gasteiger partial charge in [-0.25, -0.2) is 8.42 Å². The number of nitrogens with one attached hydrogen (secondary N) is 1. The zero-order chi connectivity index (χ0) is 18.2.